The minimum absolute atomic E-state index is 0.0711. The number of carbonyl (C=O) groups excluding carboxylic acids is 1. The van der Waals surface area contributed by atoms with Gasteiger partial charge in [0.1, 0.15) is 0 Å². The molecule has 2 rings (SSSR count). The summed E-state index contributed by atoms with van der Waals surface area (Å²) >= 11 is 17.9. The Hall–Kier alpha value is -0.640. The van der Waals surface area contributed by atoms with Crippen LogP contribution in [-0.2, 0) is 4.79 Å². The van der Waals surface area contributed by atoms with Crippen molar-refractivity contribution in [2.24, 2.45) is 0 Å². The number of likely N-dealkylation sites (tertiary alicyclic amines) is 1. The van der Waals surface area contributed by atoms with E-state index >= 15 is 0 Å². The second-order valence-corrected chi connectivity index (χ2v) is 5.79. The van der Waals surface area contributed by atoms with E-state index in [0.717, 1.165) is 25.9 Å². The van der Waals surface area contributed by atoms with Crippen LogP contribution in [0.25, 0.3) is 0 Å². The zero-order valence-corrected chi connectivity index (χ0v) is 12.7. The van der Waals surface area contributed by atoms with Crippen molar-refractivity contribution in [2.75, 3.05) is 25.0 Å². The highest BCUT2D eigenvalue weighted by Crippen LogP contribution is 2.33. The molecule has 19 heavy (non-hydrogen) atoms. The third kappa shape index (κ3) is 3.91. The first-order valence-corrected chi connectivity index (χ1v) is 7.37. The highest BCUT2D eigenvalue weighted by atomic mass is 35.5. The number of amides is 1. The van der Waals surface area contributed by atoms with Gasteiger partial charge in [0.15, 0.2) is 0 Å². The zero-order valence-electron chi connectivity index (χ0n) is 10.4. The SMILES string of the molecule is O=C(CNc1c(Cl)cc(Cl)cc1Cl)N1CCCCC1. The largest absolute Gasteiger partial charge is 0.374 e. The Labute approximate surface area is 127 Å². The molecule has 104 valence electrons. The molecule has 0 radical (unpaired) electrons. The maximum atomic E-state index is 12.0. The summed E-state index contributed by atoms with van der Waals surface area (Å²) in [6.45, 7) is 1.87. The first-order valence-electron chi connectivity index (χ1n) is 6.24. The van der Waals surface area contributed by atoms with Crippen LogP contribution in [0.5, 0.6) is 0 Å². The van der Waals surface area contributed by atoms with Crippen LogP contribution < -0.4 is 5.32 Å². The van der Waals surface area contributed by atoms with Crippen LogP contribution in [0.15, 0.2) is 12.1 Å². The lowest BCUT2D eigenvalue weighted by Crippen LogP contribution is -2.39. The van der Waals surface area contributed by atoms with Crippen LogP contribution in [0.1, 0.15) is 19.3 Å². The monoisotopic (exact) mass is 320 g/mol. The van der Waals surface area contributed by atoms with Crippen LogP contribution in [0.4, 0.5) is 5.69 Å². The number of benzene rings is 1. The van der Waals surface area contributed by atoms with Gasteiger partial charge < -0.3 is 10.2 Å². The molecule has 1 heterocycles. The fourth-order valence-electron chi connectivity index (χ4n) is 2.13. The lowest BCUT2D eigenvalue weighted by molar-refractivity contribution is -0.130. The Balaban J connectivity index is 1.96. The van der Waals surface area contributed by atoms with Gasteiger partial charge >= 0.3 is 0 Å². The van der Waals surface area contributed by atoms with Crippen LogP contribution in [0, 0.1) is 0 Å². The Kier molecular flexibility index (Phi) is 5.20. The molecular formula is C13H15Cl3N2O. The molecule has 1 aliphatic rings. The number of rotatable bonds is 3. The molecule has 1 aliphatic heterocycles. The molecule has 0 saturated carbocycles. The molecule has 1 aromatic carbocycles. The summed E-state index contributed by atoms with van der Waals surface area (Å²) in [4.78, 5) is 13.9. The molecule has 1 fully saturated rings. The molecule has 0 spiro atoms. The molecular weight excluding hydrogens is 307 g/mol. The van der Waals surface area contributed by atoms with Crippen LogP contribution in [0.3, 0.4) is 0 Å². The average molecular weight is 322 g/mol. The zero-order chi connectivity index (χ0) is 13.8. The summed E-state index contributed by atoms with van der Waals surface area (Å²) in [6.07, 6.45) is 3.36. The standard InChI is InChI=1S/C13H15Cl3N2O/c14-9-6-10(15)13(11(16)7-9)17-8-12(19)18-4-2-1-3-5-18/h6-7,17H,1-5,8H2. The molecule has 3 nitrogen and oxygen atoms in total. The Morgan fingerprint density at radius 2 is 1.68 bits per heavy atom. The predicted octanol–water partition coefficient (Wildman–Crippen LogP) is 4.07. The number of nitrogens with zero attached hydrogens (tertiary/aromatic N) is 1. The number of nitrogens with one attached hydrogen (secondary N) is 1. The minimum atomic E-state index is 0.0711. The molecule has 0 aliphatic carbocycles. The molecule has 0 unspecified atom stereocenters. The second kappa shape index (κ2) is 6.69. The van der Waals surface area contributed by atoms with Crippen molar-refractivity contribution < 1.29 is 4.79 Å². The van der Waals surface area contributed by atoms with E-state index in [-0.39, 0.29) is 12.5 Å². The van der Waals surface area contributed by atoms with Gasteiger partial charge in [-0.05, 0) is 31.4 Å². The van der Waals surface area contributed by atoms with Gasteiger partial charge in [-0.25, -0.2) is 0 Å². The predicted molar refractivity (Wildman–Crippen MR) is 80.4 cm³/mol. The normalized spacial score (nSPS) is 15.4. The number of halogens is 3. The summed E-state index contributed by atoms with van der Waals surface area (Å²) in [6, 6.07) is 3.20. The lowest BCUT2D eigenvalue weighted by atomic mass is 10.1. The average Bonchev–Trinajstić information content (AvgIpc) is 2.38. The van der Waals surface area contributed by atoms with E-state index in [1.54, 1.807) is 12.1 Å². The summed E-state index contributed by atoms with van der Waals surface area (Å²) in [5.74, 6) is 0.0711. The molecule has 0 bridgehead atoms. The number of hydrogen-bond acceptors (Lipinski definition) is 2. The molecule has 1 aromatic rings. The van der Waals surface area contributed by atoms with Gasteiger partial charge in [-0.2, -0.15) is 0 Å². The summed E-state index contributed by atoms with van der Waals surface area (Å²) in [5.41, 5.74) is 0.554. The van der Waals surface area contributed by atoms with E-state index in [1.165, 1.54) is 6.42 Å². The third-order valence-corrected chi connectivity index (χ3v) is 3.95. The van der Waals surface area contributed by atoms with Crippen molar-refractivity contribution in [3.8, 4) is 0 Å². The number of anilines is 1. The van der Waals surface area contributed by atoms with Gasteiger partial charge in [0.2, 0.25) is 5.91 Å². The summed E-state index contributed by atoms with van der Waals surface area (Å²) in [5, 5.41) is 4.31. The van der Waals surface area contributed by atoms with Crippen molar-refractivity contribution >= 4 is 46.4 Å². The fourth-order valence-corrected chi connectivity index (χ4v) is 3.08. The lowest BCUT2D eigenvalue weighted by Gasteiger charge is -2.27. The smallest absolute Gasteiger partial charge is 0.241 e. The first kappa shape index (κ1) is 14.8. The quantitative estimate of drug-likeness (QED) is 0.910. The topological polar surface area (TPSA) is 32.3 Å². The van der Waals surface area contributed by atoms with Crippen molar-refractivity contribution in [1.29, 1.82) is 0 Å². The third-order valence-electron chi connectivity index (χ3n) is 3.13. The van der Waals surface area contributed by atoms with E-state index in [0.29, 0.717) is 20.8 Å². The van der Waals surface area contributed by atoms with E-state index in [2.05, 4.69) is 5.32 Å². The second-order valence-electron chi connectivity index (χ2n) is 4.54. The maximum absolute atomic E-state index is 12.0. The highest BCUT2D eigenvalue weighted by molar-refractivity contribution is 6.41. The van der Waals surface area contributed by atoms with Gasteiger partial charge in [-0.15, -0.1) is 0 Å². The number of piperidine rings is 1. The van der Waals surface area contributed by atoms with Crippen molar-refractivity contribution in [1.82, 2.24) is 4.90 Å². The van der Waals surface area contributed by atoms with E-state index in [4.69, 9.17) is 34.8 Å². The van der Waals surface area contributed by atoms with Crippen molar-refractivity contribution in [3.63, 3.8) is 0 Å². The van der Waals surface area contributed by atoms with Crippen LogP contribution in [-0.4, -0.2) is 30.4 Å². The van der Waals surface area contributed by atoms with Gasteiger partial charge in [0.25, 0.3) is 0 Å². The van der Waals surface area contributed by atoms with Gasteiger partial charge in [0.05, 0.1) is 22.3 Å². The van der Waals surface area contributed by atoms with Gasteiger partial charge in [-0.1, -0.05) is 34.8 Å². The minimum Gasteiger partial charge on any atom is -0.374 e. The van der Waals surface area contributed by atoms with E-state index < -0.39 is 0 Å². The van der Waals surface area contributed by atoms with E-state index in [1.807, 2.05) is 4.90 Å². The molecule has 1 saturated heterocycles. The molecule has 0 atom stereocenters. The number of carbonyl (C=O) groups is 1. The molecule has 0 aromatic heterocycles. The Morgan fingerprint density at radius 1 is 1.11 bits per heavy atom. The molecule has 1 amide bonds. The van der Waals surface area contributed by atoms with Crippen LogP contribution in [0.2, 0.25) is 15.1 Å². The molecule has 6 heteroatoms. The highest BCUT2D eigenvalue weighted by Gasteiger charge is 2.17. The first-order chi connectivity index (χ1) is 9.08. The number of hydrogen-bond donors (Lipinski definition) is 1. The van der Waals surface area contributed by atoms with E-state index in [9.17, 15) is 4.79 Å². The van der Waals surface area contributed by atoms with Crippen molar-refractivity contribution in [2.45, 2.75) is 19.3 Å². The Bertz CT molecular complexity index is 450. The molecule has 1 N–H and O–H groups in total. The fraction of sp³-hybridized carbons (Fsp3) is 0.462. The maximum Gasteiger partial charge on any atom is 0.241 e. The van der Waals surface area contributed by atoms with Gasteiger partial charge in [-0.3, -0.25) is 4.79 Å². The van der Waals surface area contributed by atoms with Crippen molar-refractivity contribution in [3.05, 3.63) is 27.2 Å². The van der Waals surface area contributed by atoms with Gasteiger partial charge in [0, 0.05) is 18.1 Å². The summed E-state index contributed by atoms with van der Waals surface area (Å²) < 4.78 is 0. The Morgan fingerprint density at radius 3 is 2.26 bits per heavy atom. The van der Waals surface area contributed by atoms with Crippen LogP contribution >= 0.6 is 34.8 Å². The summed E-state index contributed by atoms with van der Waals surface area (Å²) in [7, 11) is 0.